The molecule has 2 heterocycles. The van der Waals surface area contributed by atoms with Crippen LogP contribution in [-0.4, -0.2) is 36.5 Å². The van der Waals surface area contributed by atoms with E-state index in [0.717, 1.165) is 49.8 Å². The molecule has 1 N–H and O–H groups in total. The van der Waals surface area contributed by atoms with Crippen LogP contribution >= 0.6 is 0 Å². The third-order valence-corrected chi connectivity index (χ3v) is 5.75. The van der Waals surface area contributed by atoms with Gasteiger partial charge in [-0.25, -0.2) is 4.79 Å². The van der Waals surface area contributed by atoms with E-state index in [1.807, 2.05) is 19.1 Å². The number of carbonyl (C=O) groups is 1. The van der Waals surface area contributed by atoms with Crippen molar-refractivity contribution in [2.24, 2.45) is 0 Å². The van der Waals surface area contributed by atoms with Gasteiger partial charge in [0, 0.05) is 43.2 Å². The smallest absolute Gasteiger partial charge is 0.336 e. The zero-order valence-corrected chi connectivity index (χ0v) is 17.8. The van der Waals surface area contributed by atoms with Crippen LogP contribution in [0.2, 0.25) is 0 Å². The Morgan fingerprint density at radius 1 is 1.13 bits per heavy atom. The molecule has 1 aliphatic heterocycles. The monoisotopic (exact) mass is 420 g/mol. The minimum atomic E-state index is -0.377. The van der Waals surface area contributed by atoms with Crippen molar-refractivity contribution in [1.82, 2.24) is 10.2 Å². The third kappa shape index (κ3) is 5.52. The summed E-state index contributed by atoms with van der Waals surface area (Å²) >= 11 is 0. The Kier molecular flexibility index (Phi) is 6.67. The quantitative estimate of drug-likeness (QED) is 0.592. The maximum Gasteiger partial charge on any atom is 0.336 e. The van der Waals surface area contributed by atoms with Crippen LogP contribution in [0.3, 0.4) is 0 Å². The average Bonchev–Trinajstić information content (AvgIpc) is 2.79. The lowest BCUT2D eigenvalue weighted by Gasteiger charge is -2.32. The van der Waals surface area contributed by atoms with E-state index in [9.17, 15) is 9.59 Å². The predicted octanol–water partition coefficient (Wildman–Crippen LogP) is 3.52. The summed E-state index contributed by atoms with van der Waals surface area (Å²) in [6.45, 7) is 4.80. The van der Waals surface area contributed by atoms with Gasteiger partial charge in [0.05, 0.1) is 0 Å². The number of likely N-dealkylation sites (tertiary alicyclic amines) is 1. The van der Waals surface area contributed by atoms with E-state index in [-0.39, 0.29) is 24.2 Å². The van der Waals surface area contributed by atoms with Crippen LogP contribution in [0.5, 0.6) is 5.75 Å². The molecule has 0 aliphatic carbocycles. The van der Waals surface area contributed by atoms with Crippen LogP contribution in [0.15, 0.2) is 63.8 Å². The Morgan fingerprint density at radius 3 is 2.65 bits per heavy atom. The van der Waals surface area contributed by atoms with Crippen LogP contribution in [0.4, 0.5) is 0 Å². The molecule has 0 unspecified atom stereocenters. The highest BCUT2D eigenvalue weighted by Gasteiger charge is 2.21. The number of amides is 1. The van der Waals surface area contributed by atoms with Gasteiger partial charge >= 0.3 is 5.63 Å². The first-order chi connectivity index (χ1) is 15.1. The normalized spacial score (nSPS) is 15.1. The zero-order chi connectivity index (χ0) is 21.6. The van der Waals surface area contributed by atoms with Crippen molar-refractivity contribution in [2.75, 3.05) is 19.7 Å². The minimum absolute atomic E-state index is 0.0621. The van der Waals surface area contributed by atoms with Crippen molar-refractivity contribution < 1.29 is 13.9 Å². The molecule has 1 saturated heterocycles. The number of nitrogens with zero attached hydrogens (tertiary/aromatic N) is 1. The largest absolute Gasteiger partial charge is 0.484 e. The summed E-state index contributed by atoms with van der Waals surface area (Å²) in [4.78, 5) is 26.5. The second-order valence-electron chi connectivity index (χ2n) is 7.99. The highest BCUT2D eigenvalue weighted by Crippen LogP contribution is 2.23. The molecular formula is C25H28N2O4. The fourth-order valence-electron chi connectivity index (χ4n) is 4.09. The molecule has 2 aromatic carbocycles. The van der Waals surface area contributed by atoms with Gasteiger partial charge in [0.1, 0.15) is 11.3 Å². The SMILES string of the molecule is CCc1cc(=O)oc2cc(OCC(=O)NC3CCN(Cc4ccccc4)CC3)ccc12. The van der Waals surface area contributed by atoms with Crippen LogP contribution in [0, 0.1) is 0 Å². The summed E-state index contributed by atoms with van der Waals surface area (Å²) in [5.74, 6) is 0.377. The number of fused-ring (bicyclic) bond motifs is 1. The number of aryl methyl sites for hydroxylation is 1. The molecule has 1 aliphatic rings. The average molecular weight is 421 g/mol. The molecule has 4 rings (SSSR count). The summed E-state index contributed by atoms with van der Waals surface area (Å²) < 4.78 is 10.9. The molecule has 6 heteroatoms. The van der Waals surface area contributed by atoms with E-state index >= 15 is 0 Å². The number of hydrogen-bond acceptors (Lipinski definition) is 5. The number of piperidine rings is 1. The molecule has 1 aromatic heterocycles. The number of ether oxygens (including phenoxy) is 1. The Labute approximate surface area is 181 Å². The van der Waals surface area contributed by atoms with Crippen molar-refractivity contribution >= 4 is 16.9 Å². The van der Waals surface area contributed by atoms with Crippen molar-refractivity contribution in [1.29, 1.82) is 0 Å². The van der Waals surface area contributed by atoms with Gasteiger partial charge < -0.3 is 14.5 Å². The summed E-state index contributed by atoms with van der Waals surface area (Å²) in [5.41, 5.74) is 2.36. The maximum atomic E-state index is 12.4. The third-order valence-electron chi connectivity index (χ3n) is 5.75. The topological polar surface area (TPSA) is 71.8 Å². The van der Waals surface area contributed by atoms with Crippen molar-refractivity contribution in [3.63, 3.8) is 0 Å². The summed E-state index contributed by atoms with van der Waals surface area (Å²) in [5, 5.41) is 3.96. The fourth-order valence-corrected chi connectivity index (χ4v) is 4.09. The molecule has 0 bridgehead atoms. The molecule has 6 nitrogen and oxygen atoms in total. The first kappa shape index (κ1) is 21.1. The first-order valence-electron chi connectivity index (χ1n) is 10.9. The van der Waals surface area contributed by atoms with Gasteiger partial charge in [-0.2, -0.15) is 0 Å². The molecule has 162 valence electrons. The van der Waals surface area contributed by atoms with Gasteiger partial charge in [-0.15, -0.1) is 0 Å². The summed E-state index contributed by atoms with van der Waals surface area (Å²) in [6.07, 6.45) is 2.61. The highest BCUT2D eigenvalue weighted by molar-refractivity contribution is 5.82. The zero-order valence-electron chi connectivity index (χ0n) is 17.8. The fraction of sp³-hybridized carbons (Fsp3) is 0.360. The van der Waals surface area contributed by atoms with E-state index in [1.54, 1.807) is 12.1 Å². The van der Waals surface area contributed by atoms with Gasteiger partial charge in [-0.1, -0.05) is 37.3 Å². The minimum Gasteiger partial charge on any atom is -0.484 e. The molecular weight excluding hydrogens is 392 g/mol. The van der Waals surface area contributed by atoms with E-state index < -0.39 is 0 Å². The number of nitrogens with one attached hydrogen (secondary N) is 1. The Bertz CT molecular complexity index is 1090. The second kappa shape index (κ2) is 9.79. The van der Waals surface area contributed by atoms with Crippen LogP contribution in [0.25, 0.3) is 11.0 Å². The van der Waals surface area contributed by atoms with Crippen molar-refractivity contribution in [3.05, 3.63) is 76.1 Å². The second-order valence-corrected chi connectivity index (χ2v) is 7.99. The van der Waals surface area contributed by atoms with Crippen molar-refractivity contribution in [3.8, 4) is 5.75 Å². The van der Waals surface area contributed by atoms with E-state index in [2.05, 4.69) is 34.5 Å². The van der Waals surface area contributed by atoms with Gasteiger partial charge in [0.15, 0.2) is 6.61 Å². The van der Waals surface area contributed by atoms with Gasteiger partial charge in [-0.05, 0) is 42.5 Å². The van der Waals surface area contributed by atoms with Crippen LogP contribution < -0.4 is 15.7 Å². The van der Waals surface area contributed by atoms with E-state index in [0.29, 0.717) is 11.3 Å². The molecule has 0 radical (unpaired) electrons. The lowest BCUT2D eigenvalue weighted by molar-refractivity contribution is -0.124. The molecule has 3 aromatic rings. The summed E-state index contributed by atoms with van der Waals surface area (Å²) in [6, 6.07) is 17.5. The molecule has 1 fully saturated rings. The highest BCUT2D eigenvalue weighted by atomic mass is 16.5. The predicted molar refractivity (Wildman–Crippen MR) is 120 cm³/mol. The summed E-state index contributed by atoms with van der Waals surface area (Å²) in [7, 11) is 0. The van der Waals surface area contributed by atoms with E-state index in [1.165, 1.54) is 11.6 Å². The first-order valence-corrected chi connectivity index (χ1v) is 10.9. The Balaban J connectivity index is 1.26. The lowest BCUT2D eigenvalue weighted by Crippen LogP contribution is -2.45. The molecule has 0 saturated carbocycles. The number of benzene rings is 2. The lowest BCUT2D eigenvalue weighted by atomic mass is 10.0. The number of rotatable bonds is 7. The van der Waals surface area contributed by atoms with Gasteiger partial charge in [0.25, 0.3) is 5.91 Å². The Morgan fingerprint density at radius 2 is 1.90 bits per heavy atom. The van der Waals surface area contributed by atoms with E-state index in [4.69, 9.17) is 9.15 Å². The van der Waals surface area contributed by atoms with Gasteiger partial charge in [0.2, 0.25) is 0 Å². The maximum absolute atomic E-state index is 12.4. The molecule has 0 spiro atoms. The van der Waals surface area contributed by atoms with Crippen LogP contribution in [-0.2, 0) is 17.8 Å². The molecule has 31 heavy (non-hydrogen) atoms. The Hall–Kier alpha value is -3.12. The molecule has 0 atom stereocenters. The van der Waals surface area contributed by atoms with Crippen LogP contribution in [0.1, 0.15) is 30.9 Å². The standard InChI is InChI=1S/C25H28N2O4/c1-2-19-14-25(29)31-23-15-21(8-9-22(19)23)30-17-24(28)26-20-10-12-27(13-11-20)16-18-6-4-3-5-7-18/h3-9,14-15,20H,2,10-13,16-17H2,1H3,(H,26,28). The van der Waals surface area contributed by atoms with Gasteiger partial charge in [-0.3, -0.25) is 9.69 Å². The number of carbonyl (C=O) groups excluding carboxylic acids is 1. The molecule has 1 amide bonds. The van der Waals surface area contributed by atoms with Crippen molar-refractivity contribution in [2.45, 2.75) is 38.8 Å². The number of hydrogen-bond donors (Lipinski definition) is 1.